The molecule has 1 heterocycles. The Kier molecular flexibility index (Phi) is 6.71. The van der Waals surface area contributed by atoms with E-state index in [4.69, 9.17) is 0 Å². The van der Waals surface area contributed by atoms with E-state index in [1.165, 1.54) is 5.56 Å². The van der Waals surface area contributed by atoms with Crippen LogP contribution in [0.5, 0.6) is 0 Å². The second-order valence-electron chi connectivity index (χ2n) is 5.77. The van der Waals surface area contributed by atoms with E-state index in [1.807, 2.05) is 0 Å². The number of rotatable bonds is 8. The van der Waals surface area contributed by atoms with Crippen molar-refractivity contribution in [2.24, 2.45) is 0 Å². The SMILES string of the molecule is CCCNc1ncnc(N(C)CCN(C)C)c1C(C)C. The van der Waals surface area contributed by atoms with E-state index in [0.717, 1.165) is 37.7 Å². The minimum Gasteiger partial charge on any atom is -0.370 e. The molecule has 114 valence electrons. The maximum Gasteiger partial charge on any atom is 0.137 e. The minimum atomic E-state index is 0.396. The molecule has 0 radical (unpaired) electrons. The van der Waals surface area contributed by atoms with E-state index in [1.54, 1.807) is 6.33 Å². The molecule has 0 aliphatic rings. The molecular formula is C15H29N5. The van der Waals surface area contributed by atoms with Crippen LogP contribution in [0.25, 0.3) is 0 Å². The Morgan fingerprint density at radius 3 is 2.40 bits per heavy atom. The molecule has 1 N–H and O–H groups in total. The number of likely N-dealkylation sites (N-methyl/N-ethyl adjacent to an activating group) is 2. The summed E-state index contributed by atoms with van der Waals surface area (Å²) < 4.78 is 0. The zero-order chi connectivity index (χ0) is 15.1. The average Bonchev–Trinajstić information content (AvgIpc) is 2.41. The second kappa shape index (κ2) is 8.04. The first-order valence-corrected chi connectivity index (χ1v) is 7.42. The molecule has 1 aromatic rings. The van der Waals surface area contributed by atoms with Gasteiger partial charge in [0, 0.05) is 32.2 Å². The van der Waals surface area contributed by atoms with Crippen molar-refractivity contribution in [2.45, 2.75) is 33.1 Å². The predicted molar refractivity (Wildman–Crippen MR) is 86.7 cm³/mol. The fraction of sp³-hybridized carbons (Fsp3) is 0.733. The summed E-state index contributed by atoms with van der Waals surface area (Å²) in [6, 6.07) is 0. The number of nitrogens with one attached hydrogen (secondary N) is 1. The van der Waals surface area contributed by atoms with Gasteiger partial charge >= 0.3 is 0 Å². The Labute approximate surface area is 123 Å². The Hall–Kier alpha value is -1.36. The van der Waals surface area contributed by atoms with Gasteiger partial charge in [-0.05, 0) is 26.4 Å². The van der Waals surface area contributed by atoms with Crippen molar-refractivity contribution in [3.8, 4) is 0 Å². The van der Waals surface area contributed by atoms with E-state index in [0.29, 0.717) is 5.92 Å². The molecule has 0 aromatic carbocycles. The van der Waals surface area contributed by atoms with Crippen LogP contribution >= 0.6 is 0 Å². The quantitative estimate of drug-likeness (QED) is 0.792. The molecule has 0 amide bonds. The zero-order valence-electron chi connectivity index (χ0n) is 13.8. The van der Waals surface area contributed by atoms with Crippen molar-refractivity contribution in [3.05, 3.63) is 11.9 Å². The van der Waals surface area contributed by atoms with Crippen molar-refractivity contribution in [2.75, 3.05) is 51.0 Å². The van der Waals surface area contributed by atoms with Crippen LogP contribution in [-0.4, -0.2) is 55.6 Å². The fourth-order valence-electron chi connectivity index (χ4n) is 2.06. The van der Waals surface area contributed by atoms with Gasteiger partial charge in [0.15, 0.2) is 0 Å². The van der Waals surface area contributed by atoms with E-state index in [-0.39, 0.29) is 0 Å². The van der Waals surface area contributed by atoms with Gasteiger partial charge in [-0.1, -0.05) is 20.8 Å². The number of nitrogens with zero attached hydrogens (tertiary/aromatic N) is 4. The lowest BCUT2D eigenvalue weighted by Gasteiger charge is -2.25. The topological polar surface area (TPSA) is 44.3 Å². The van der Waals surface area contributed by atoms with E-state index in [2.05, 4.69) is 67.0 Å². The normalized spacial score (nSPS) is 11.2. The molecule has 1 rings (SSSR count). The van der Waals surface area contributed by atoms with Gasteiger partial charge in [-0.15, -0.1) is 0 Å². The third-order valence-electron chi connectivity index (χ3n) is 3.23. The molecule has 20 heavy (non-hydrogen) atoms. The maximum atomic E-state index is 4.50. The molecule has 0 spiro atoms. The summed E-state index contributed by atoms with van der Waals surface area (Å²) in [6.45, 7) is 9.45. The molecule has 0 saturated heterocycles. The molecule has 0 aliphatic heterocycles. The third kappa shape index (κ3) is 4.63. The summed E-state index contributed by atoms with van der Waals surface area (Å²) >= 11 is 0. The largest absolute Gasteiger partial charge is 0.370 e. The summed E-state index contributed by atoms with van der Waals surface area (Å²) in [5, 5.41) is 3.42. The van der Waals surface area contributed by atoms with Gasteiger partial charge in [0.05, 0.1) is 0 Å². The highest BCUT2D eigenvalue weighted by atomic mass is 15.2. The van der Waals surface area contributed by atoms with Crippen LogP contribution in [0.4, 0.5) is 11.6 Å². The van der Waals surface area contributed by atoms with Crippen LogP contribution in [0, 0.1) is 0 Å². The van der Waals surface area contributed by atoms with Crippen LogP contribution in [-0.2, 0) is 0 Å². The lowest BCUT2D eigenvalue weighted by Crippen LogP contribution is -2.30. The zero-order valence-corrected chi connectivity index (χ0v) is 13.8. The first-order valence-electron chi connectivity index (χ1n) is 7.42. The van der Waals surface area contributed by atoms with Gasteiger partial charge in [-0.2, -0.15) is 0 Å². The Morgan fingerprint density at radius 2 is 1.85 bits per heavy atom. The smallest absolute Gasteiger partial charge is 0.137 e. The first kappa shape index (κ1) is 16.7. The number of aromatic nitrogens is 2. The molecule has 0 aliphatic carbocycles. The van der Waals surface area contributed by atoms with E-state index in [9.17, 15) is 0 Å². The summed E-state index contributed by atoms with van der Waals surface area (Å²) in [7, 11) is 6.28. The first-order chi connectivity index (χ1) is 9.47. The van der Waals surface area contributed by atoms with Gasteiger partial charge in [0.25, 0.3) is 0 Å². The third-order valence-corrected chi connectivity index (χ3v) is 3.23. The van der Waals surface area contributed by atoms with Gasteiger partial charge < -0.3 is 15.1 Å². The standard InChI is InChI=1S/C15H29N5/c1-7-8-16-14-13(12(2)3)15(18-11-17-14)20(6)10-9-19(4)5/h11-12H,7-10H2,1-6H3,(H,16,17,18). The Morgan fingerprint density at radius 1 is 1.15 bits per heavy atom. The van der Waals surface area contributed by atoms with Crippen molar-refractivity contribution < 1.29 is 0 Å². The lowest BCUT2D eigenvalue weighted by atomic mass is 10.0. The number of anilines is 2. The van der Waals surface area contributed by atoms with Crippen LogP contribution in [0.2, 0.25) is 0 Å². The molecule has 0 unspecified atom stereocenters. The summed E-state index contributed by atoms with van der Waals surface area (Å²) in [5.41, 5.74) is 1.21. The monoisotopic (exact) mass is 279 g/mol. The highest BCUT2D eigenvalue weighted by Gasteiger charge is 2.17. The van der Waals surface area contributed by atoms with E-state index < -0.39 is 0 Å². The summed E-state index contributed by atoms with van der Waals surface area (Å²) in [4.78, 5) is 13.3. The van der Waals surface area contributed by atoms with Crippen molar-refractivity contribution >= 4 is 11.6 Å². The summed E-state index contributed by atoms with van der Waals surface area (Å²) in [5.74, 6) is 2.41. The molecule has 0 saturated carbocycles. The van der Waals surface area contributed by atoms with Crippen molar-refractivity contribution in [1.82, 2.24) is 14.9 Å². The molecule has 0 fully saturated rings. The van der Waals surface area contributed by atoms with Gasteiger partial charge in [0.1, 0.15) is 18.0 Å². The van der Waals surface area contributed by atoms with Gasteiger partial charge in [0.2, 0.25) is 0 Å². The van der Waals surface area contributed by atoms with Crippen molar-refractivity contribution in [3.63, 3.8) is 0 Å². The number of hydrogen-bond donors (Lipinski definition) is 1. The highest BCUT2D eigenvalue weighted by Crippen LogP contribution is 2.30. The van der Waals surface area contributed by atoms with E-state index >= 15 is 0 Å². The van der Waals surface area contributed by atoms with Crippen LogP contribution in [0.15, 0.2) is 6.33 Å². The lowest BCUT2D eigenvalue weighted by molar-refractivity contribution is 0.416. The predicted octanol–water partition coefficient (Wildman–Crippen LogP) is 2.42. The van der Waals surface area contributed by atoms with Gasteiger partial charge in [-0.25, -0.2) is 9.97 Å². The molecule has 5 heteroatoms. The van der Waals surface area contributed by atoms with Crippen molar-refractivity contribution in [1.29, 1.82) is 0 Å². The van der Waals surface area contributed by atoms with Crippen LogP contribution < -0.4 is 10.2 Å². The average molecular weight is 279 g/mol. The van der Waals surface area contributed by atoms with Gasteiger partial charge in [-0.3, -0.25) is 0 Å². The van der Waals surface area contributed by atoms with Crippen LogP contribution in [0.3, 0.4) is 0 Å². The fourth-order valence-corrected chi connectivity index (χ4v) is 2.06. The highest BCUT2D eigenvalue weighted by molar-refractivity contribution is 5.60. The maximum absolute atomic E-state index is 4.50. The van der Waals surface area contributed by atoms with Crippen LogP contribution in [0.1, 0.15) is 38.7 Å². The number of hydrogen-bond acceptors (Lipinski definition) is 5. The Balaban J connectivity index is 2.99. The second-order valence-corrected chi connectivity index (χ2v) is 5.77. The molecule has 0 bridgehead atoms. The molecule has 1 aromatic heterocycles. The summed E-state index contributed by atoms with van der Waals surface area (Å²) in [6.07, 6.45) is 2.75. The Bertz CT molecular complexity index is 403. The minimum absolute atomic E-state index is 0.396. The molecule has 5 nitrogen and oxygen atoms in total. The molecular weight excluding hydrogens is 250 g/mol. The molecule has 0 atom stereocenters.